The van der Waals surface area contributed by atoms with Gasteiger partial charge in [0.1, 0.15) is 6.07 Å². The Balaban J connectivity index is 2.33. The van der Waals surface area contributed by atoms with Crippen LogP contribution >= 0.6 is 11.3 Å². The molecule has 1 aromatic rings. The molecule has 6 heteroatoms. The Morgan fingerprint density at radius 2 is 2.09 bits per heavy atom. The molecular weight excluding hydrogens is 306 g/mol. The maximum atomic E-state index is 9.83. The van der Waals surface area contributed by atoms with Crippen LogP contribution in [0.25, 0.3) is 0 Å². The summed E-state index contributed by atoms with van der Waals surface area (Å²) in [7, 11) is 1.99. The molecule has 0 aromatic carbocycles. The first-order valence-corrected chi connectivity index (χ1v) is 8.12. The van der Waals surface area contributed by atoms with Crippen LogP contribution in [0.5, 0.6) is 0 Å². The molecule has 1 aliphatic heterocycles. The van der Waals surface area contributed by atoms with Crippen LogP contribution in [-0.2, 0) is 0 Å². The molecule has 0 bridgehead atoms. The van der Waals surface area contributed by atoms with Crippen molar-refractivity contribution < 1.29 is 0 Å². The summed E-state index contributed by atoms with van der Waals surface area (Å²) in [6, 6.07) is 10.2. The maximum absolute atomic E-state index is 9.83. The molecule has 0 spiro atoms. The summed E-state index contributed by atoms with van der Waals surface area (Å²) in [6.07, 6.45) is 2.00. The van der Waals surface area contributed by atoms with Gasteiger partial charge in [-0.3, -0.25) is 0 Å². The zero-order chi connectivity index (χ0) is 16.6. The average molecular weight is 321 g/mol. The molecule has 5 nitrogen and oxygen atoms in total. The first kappa shape index (κ1) is 15.3. The Hall–Kier alpha value is -2.59. The first-order chi connectivity index (χ1) is 11.1. The molecule has 0 unspecified atom stereocenters. The standard InChI is InChI=1S/C17H15N5S/c1-22-5-4-11-12(7-18)16(21)17(9-19,10-20)15(13(11)8-22)14-3-2-6-23-14/h2-4,6,13,15H,5,8,21H2,1H3/t13-,15-/m1/s1. The molecule has 2 atom stereocenters. The van der Waals surface area contributed by atoms with Gasteiger partial charge in [-0.2, -0.15) is 15.8 Å². The van der Waals surface area contributed by atoms with E-state index in [-0.39, 0.29) is 17.5 Å². The van der Waals surface area contributed by atoms with Gasteiger partial charge < -0.3 is 10.6 Å². The smallest absolute Gasteiger partial charge is 0.192 e. The predicted octanol–water partition coefficient (Wildman–Crippen LogP) is 2.10. The molecule has 2 heterocycles. The highest BCUT2D eigenvalue weighted by atomic mass is 32.1. The molecule has 3 rings (SSSR count). The maximum Gasteiger partial charge on any atom is 0.192 e. The number of likely N-dealkylation sites (N-methyl/N-ethyl adjacent to an activating group) is 1. The van der Waals surface area contributed by atoms with Crippen LogP contribution in [0.3, 0.4) is 0 Å². The number of nitrogens with two attached hydrogens (primary N) is 1. The average Bonchev–Trinajstić information content (AvgIpc) is 3.08. The largest absolute Gasteiger partial charge is 0.399 e. The van der Waals surface area contributed by atoms with Crippen molar-refractivity contribution in [2.75, 3.05) is 20.1 Å². The van der Waals surface area contributed by atoms with E-state index >= 15 is 0 Å². The molecule has 1 aliphatic carbocycles. The fourth-order valence-corrected chi connectivity index (χ4v) is 4.56. The van der Waals surface area contributed by atoms with Gasteiger partial charge in [0.2, 0.25) is 0 Å². The van der Waals surface area contributed by atoms with Crippen LogP contribution in [0.15, 0.2) is 40.4 Å². The van der Waals surface area contributed by atoms with Crippen LogP contribution in [0.1, 0.15) is 10.8 Å². The molecule has 0 radical (unpaired) electrons. The first-order valence-electron chi connectivity index (χ1n) is 7.24. The van der Waals surface area contributed by atoms with Gasteiger partial charge >= 0.3 is 0 Å². The van der Waals surface area contributed by atoms with E-state index in [2.05, 4.69) is 23.1 Å². The molecule has 0 saturated carbocycles. The minimum atomic E-state index is -1.50. The fourth-order valence-electron chi connectivity index (χ4n) is 3.60. The highest BCUT2D eigenvalue weighted by molar-refractivity contribution is 7.10. The number of hydrogen-bond acceptors (Lipinski definition) is 6. The lowest BCUT2D eigenvalue weighted by atomic mass is 9.59. The van der Waals surface area contributed by atoms with E-state index in [1.807, 2.05) is 30.6 Å². The summed E-state index contributed by atoms with van der Waals surface area (Å²) in [5.41, 5.74) is 5.96. The number of thiophene rings is 1. The van der Waals surface area contributed by atoms with E-state index in [9.17, 15) is 15.8 Å². The third kappa shape index (κ3) is 2.06. The van der Waals surface area contributed by atoms with Crippen molar-refractivity contribution in [1.82, 2.24) is 4.90 Å². The van der Waals surface area contributed by atoms with Crippen molar-refractivity contribution in [2.45, 2.75) is 5.92 Å². The molecule has 0 saturated heterocycles. The predicted molar refractivity (Wildman–Crippen MR) is 86.6 cm³/mol. The summed E-state index contributed by atoms with van der Waals surface area (Å²) < 4.78 is 0. The molecule has 2 aliphatic rings. The van der Waals surface area contributed by atoms with Crippen LogP contribution in [-0.4, -0.2) is 25.0 Å². The molecular formula is C17H15N5S. The van der Waals surface area contributed by atoms with E-state index in [1.54, 1.807) is 0 Å². The second kappa shape index (κ2) is 5.56. The lowest BCUT2D eigenvalue weighted by molar-refractivity contribution is 0.240. The molecule has 2 N–H and O–H groups in total. The van der Waals surface area contributed by atoms with Gasteiger partial charge in [-0.05, 0) is 24.1 Å². The second-order valence-corrected chi connectivity index (χ2v) is 6.89. The van der Waals surface area contributed by atoms with Crippen molar-refractivity contribution in [3.05, 3.63) is 45.3 Å². The molecule has 114 valence electrons. The number of rotatable bonds is 1. The number of fused-ring (bicyclic) bond motifs is 1. The van der Waals surface area contributed by atoms with Crippen molar-refractivity contribution in [1.29, 1.82) is 15.8 Å². The minimum Gasteiger partial charge on any atom is -0.399 e. The van der Waals surface area contributed by atoms with E-state index in [1.165, 1.54) is 11.3 Å². The van der Waals surface area contributed by atoms with Gasteiger partial charge in [-0.1, -0.05) is 12.1 Å². The number of nitriles is 3. The zero-order valence-corrected chi connectivity index (χ0v) is 13.5. The molecule has 23 heavy (non-hydrogen) atoms. The molecule has 0 fully saturated rings. The van der Waals surface area contributed by atoms with Crippen LogP contribution in [0.4, 0.5) is 0 Å². The van der Waals surface area contributed by atoms with Crippen molar-refractivity contribution >= 4 is 11.3 Å². The normalized spacial score (nSPS) is 26.4. The highest BCUT2D eigenvalue weighted by Crippen LogP contribution is 2.54. The summed E-state index contributed by atoms with van der Waals surface area (Å²) in [5, 5.41) is 31.1. The van der Waals surface area contributed by atoms with E-state index in [0.717, 1.165) is 17.0 Å². The SMILES string of the molecule is CN1CC=C2C(C#N)=C(N)C(C#N)(C#N)[C@@H](c3cccs3)[C@@H]2C1. The van der Waals surface area contributed by atoms with Gasteiger partial charge in [0.05, 0.1) is 23.4 Å². The van der Waals surface area contributed by atoms with E-state index < -0.39 is 5.41 Å². The summed E-state index contributed by atoms with van der Waals surface area (Å²) in [6.45, 7) is 1.42. The topological polar surface area (TPSA) is 101 Å². The fraction of sp³-hybridized carbons (Fsp3) is 0.353. The second-order valence-electron chi connectivity index (χ2n) is 5.91. The summed E-state index contributed by atoms with van der Waals surface area (Å²) >= 11 is 1.52. The van der Waals surface area contributed by atoms with Crippen molar-refractivity contribution in [2.24, 2.45) is 17.1 Å². The van der Waals surface area contributed by atoms with Gasteiger partial charge in [0.15, 0.2) is 5.41 Å². The van der Waals surface area contributed by atoms with Crippen LogP contribution in [0, 0.1) is 45.3 Å². The molecule has 1 aromatic heterocycles. The minimum absolute atomic E-state index is 0.0892. The van der Waals surface area contributed by atoms with Gasteiger partial charge in [-0.15, -0.1) is 11.3 Å². The van der Waals surface area contributed by atoms with Gasteiger partial charge in [-0.25, -0.2) is 0 Å². The van der Waals surface area contributed by atoms with Crippen molar-refractivity contribution in [3.63, 3.8) is 0 Å². The van der Waals surface area contributed by atoms with E-state index in [0.29, 0.717) is 12.1 Å². The molecule has 0 amide bonds. The Labute approximate surface area is 139 Å². The number of hydrogen-bond donors (Lipinski definition) is 1. The van der Waals surface area contributed by atoms with Gasteiger partial charge in [0, 0.05) is 29.8 Å². The van der Waals surface area contributed by atoms with Gasteiger partial charge in [0.25, 0.3) is 0 Å². The monoisotopic (exact) mass is 321 g/mol. The van der Waals surface area contributed by atoms with Crippen molar-refractivity contribution in [3.8, 4) is 18.2 Å². The lowest BCUT2D eigenvalue weighted by Crippen LogP contribution is -2.47. The van der Waals surface area contributed by atoms with Crippen LogP contribution < -0.4 is 5.73 Å². The number of nitrogens with zero attached hydrogens (tertiary/aromatic N) is 4. The third-order valence-electron chi connectivity index (χ3n) is 4.70. The third-order valence-corrected chi connectivity index (χ3v) is 5.65. The summed E-state index contributed by atoms with van der Waals surface area (Å²) in [5.74, 6) is -0.447. The Morgan fingerprint density at radius 1 is 1.35 bits per heavy atom. The zero-order valence-electron chi connectivity index (χ0n) is 12.7. The Kier molecular flexibility index (Phi) is 3.70. The quantitative estimate of drug-likeness (QED) is 0.853. The van der Waals surface area contributed by atoms with E-state index in [4.69, 9.17) is 5.73 Å². The Bertz CT molecular complexity index is 799. The highest BCUT2D eigenvalue weighted by Gasteiger charge is 2.54. The lowest BCUT2D eigenvalue weighted by Gasteiger charge is -2.44. The van der Waals surface area contributed by atoms with Crippen LogP contribution in [0.2, 0.25) is 0 Å². The number of allylic oxidation sites excluding steroid dienone is 2. The Morgan fingerprint density at radius 3 is 2.65 bits per heavy atom. The summed E-state index contributed by atoms with van der Waals surface area (Å²) in [4.78, 5) is 3.09.